The van der Waals surface area contributed by atoms with Crippen LogP contribution in [-0.4, -0.2) is 13.0 Å². The summed E-state index contributed by atoms with van der Waals surface area (Å²) < 4.78 is 31.5. The minimum atomic E-state index is -4.14. The van der Waals surface area contributed by atoms with Crippen LogP contribution in [0.2, 0.25) is 0 Å². The molecule has 0 radical (unpaired) electrons. The van der Waals surface area contributed by atoms with Crippen LogP contribution in [0, 0.1) is 0 Å². The molecule has 4 N–H and O–H groups in total. The molecule has 0 atom stereocenters. The van der Waals surface area contributed by atoms with E-state index in [2.05, 4.69) is 5.43 Å². The molecule has 0 unspecified atom stereocenters. The second kappa shape index (κ2) is 5.22. The molecule has 17 heavy (non-hydrogen) atoms. The summed E-state index contributed by atoms with van der Waals surface area (Å²) >= 11 is 0. The minimum Gasteiger partial charge on any atom is -0.324 e. The van der Waals surface area contributed by atoms with Crippen LogP contribution in [0.5, 0.6) is 0 Å². The number of nitrogens with one attached hydrogen (secondary N) is 1. The van der Waals surface area contributed by atoms with E-state index < -0.39 is 10.1 Å². The monoisotopic (exact) mass is 278 g/mol. The first-order chi connectivity index (χ1) is 7.54. The maximum atomic E-state index is 11.2. The Bertz CT molecular complexity index is 517. The van der Waals surface area contributed by atoms with Crippen LogP contribution in [0.3, 0.4) is 0 Å². The molecule has 1 aliphatic carbocycles. The van der Waals surface area contributed by atoms with Gasteiger partial charge >= 0.3 is 0 Å². The maximum Gasteiger partial charge on any atom is 0.294 e. The van der Waals surface area contributed by atoms with E-state index in [1.165, 1.54) is 6.07 Å². The molecule has 0 amide bonds. The summed E-state index contributed by atoms with van der Waals surface area (Å²) in [5.74, 6) is 5.37. The predicted molar refractivity (Wildman–Crippen MR) is 68.0 cm³/mol. The second-order valence-electron chi connectivity index (χ2n) is 3.89. The van der Waals surface area contributed by atoms with Crippen molar-refractivity contribution in [3.05, 3.63) is 23.3 Å². The molecule has 0 heterocycles. The lowest BCUT2D eigenvalue weighted by Crippen LogP contribution is -2.16. The van der Waals surface area contributed by atoms with E-state index in [4.69, 9.17) is 10.4 Å². The molecule has 1 aromatic carbocycles. The lowest BCUT2D eigenvalue weighted by Gasteiger charge is -2.21. The van der Waals surface area contributed by atoms with Crippen LogP contribution in [-0.2, 0) is 23.0 Å². The third-order valence-electron chi connectivity index (χ3n) is 2.93. The number of hydrogen-bond donors (Lipinski definition) is 3. The first-order valence-electron chi connectivity index (χ1n) is 5.13. The SMILES string of the molecule is Cl.NNc1ccc(S(=O)(=O)O)c2c1CCCC2. The lowest BCUT2D eigenvalue weighted by atomic mass is 9.90. The van der Waals surface area contributed by atoms with E-state index in [-0.39, 0.29) is 17.3 Å². The number of rotatable bonds is 2. The predicted octanol–water partition coefficient (Wildman–Crippen LogP) is 1.52. The van der Waals surface area contributed by atoms with Gasteiger partial charge in [-0.05, 0) is 48.9 Å². The van der Waals surface area contributed by atoms with Crippen molar-refractivity contribution in [1.82, 2.24) is 0 Å². The molecule has 0 spiro atoms. The average Bonchev–Trinajstić information content (AvgIpc) is 2.26. The zero-order valence-electron chi connectivity index (χ0n) is 9.14. The van der Waals surface area contributed by atoms with E-state index in [1.807, 2.05) is 0 Å². The zero-order valence-corrected chi connectivity index (χ0v) is 10.8. The van der Waals surface area contributed by atoms with Crippen molar-refractivity contribution >= 4 is 28.2 Å². The topological polar surface area (TPSA) is 92.4 Å². The lowest BCUT2D eigenvalue weighted by molar-refractivity contribution is 0.481. The van der Waals surface area contributed by atoms with Crippen molar-refractivity contribution < 1.29 is 13.0 Å². The van der Waals surface area contributed by atoms with Crippen LogP contribution in [0.4, 0.5) is 5.69 Å². The molecule has 96 valence electrons. The van der Waals surface area contributed by atoms with Crippen molar-refractivity contribution in [2.75, 3.05) is 5.43 Å². The molecule has 5 nitrogen and oxygen atoms in total. The van der Waals surface area contributed by atoms with Crippen LogP contribution in [0.1, 0.15) is 24.0 Å². The Balaban J connectivity index is 0.00000144. The number of hydrazine groups is 1. The van der Waals surface area contributed by atoms with Gasteiger partial charge in [0, 0.05) is 0 Å². The highest BCUT2D eigenvalue weighted by molar-refractivity contribution is 7.85. The van der Waals surface area contributed by atoms with Gasteiger partial charge in [0.25, 0.3) is 10.1 Å². The summed E-state index contributed by atoms with van der Waals surface area (Å²) in [5, 5.41) is 0. The average molecular weight is 279 g/mol. The standard InChI is InChI=1S/C10H14N2O3S.ClH/c11-12-9-5-6-10(16(13,14)15)8-4-2-1-3-7(8)9;/h5-6,12H,1-4,11H2,(H,13,14,15);1H. The number of nitrogens with two attached hydrogens (primary N) is 1. The molecular weight excluding hydrogens is 264 g/mol. The Hall–Kier alpha value is -0.820. The third-order valence-corrected chi connectivity index (χ3v) is 3.86. The fraction of sp³-hybridized carbons (Fsp3) is 0.400. The van der Waals surface area contributed by atoms with Gasteiger partial charge in [0.15, 0.2) is 0 Å². The fourth-order valence-electron chi connectivity index (χ4n) is 2.21. The first-order valence-corrected chi connectivity index (χ1v) is 6.57. The third kappa shape index (κ3) is 2.71. The van der Waals surface area contributed by atoms with E-state index in [9.17, 15) is 8.42 Å². The van der Waals surface area contributed by atoms with Gasteiger partial charge in [-0.2, -0.15) is 8.42 Å². The number of benzene rings is 1. The van der Waals surface area contributed by atoms with Crippen LogP contribution >= 0.6 is 12.4 Å². The molecule has 0 fully saturated rings. The Morgan fingerprint density at radius 2 is 1.76 bits per heavy atom. The number of nitrogen functional groups attached to an aromatic ring is 1. The van der Waals surface area contributed by atoms with E-state index in [0.717, 1.165) is 30.5 Å². The van der Waals surface area contributed by atoms with Gasteiger partial charge in [-0.3, -0.25) is 10.4 Å². The highest BCUT2D eigenvalue weighted by atomic mass is 35.5. The number of anilines is 1. The molecule has 0 aliphatic heterocycles. The quantitative estimate of drug-likeness (QED) is 0.433. The molecule has 1 aromatic rings. The van der Waals surface area contributed by atoms with Crippen molar-refractivity contribution in [3.8, 4) is 0 Å². The van der Waals surface area contributed by atoms with Gasteiger partial charge in [0.1, 0.15) is 0 Å². The van der Waals surface area contributed by atoms with Crippen LogP contribution in [0.25, 0.3) is 0 Å². The van der Waals surface area contributed by atoms with Gasteiger partial charge in [0.05, 0.1) is 10.6 Å². The molecule has 0 bridgehead atoms. The van der Waals surface area contributed by atoms with Crippen molar-refractivity contribution in [3.63, 3.8) is 0 Å². The second-order valence-corrected chi connectivity index (χ2v) is 5.28. The van der Waals surface area contributed by atoms with Gasteiger partial charge in [-0.1, -0.05) is 0 Å². The number of hydrogen-bond acceptors (Lipinski definition) is 4. The van der Waals surface area contributed by atoms with Crippen LogP contribution in [0.15, 0.2) is 17.0 Å². The fourth-order valence-corrected chi connectivity index (χ4v) is 2.99. The molecule has 0 aromatic heterocycles. The maximum absolute atomic E-state index is 11.2. The van der Waals surface area contributed by atoms with Crippen molar-refractivity contribution in [2.24, 2.45) is 5.84 Å². The first kappa shape index (κ1) is 14.2. The summed E-state index contributed by atoms with van der Waals surface area (Å²) in [6.07, 6.45) is 3.40. The summed E-state index contributed by atoms with van der Waals surface area (Å²) in [6.45, 7) is 0. The Labute approximate surface area is 107 Å². The van der Waals surface area contributed by atoms with Gasteiger partial charge in [-0.15, -0.1) is 12.4 Å². The summed E-state index contributed by atoms with van der Waals surface area (Å²) in [6, 6.07) is 2.99. The van der Waals surface area contributed by atoms with Crippen molar-refractivity contribution in [1.29, 1.82) is 0 Å². The largest absolute Gasteiger partial charge is 0.324 e. The minimum absolute atomic E-state index is 0. The number of halogens is 1. The summed E-state index contributed by atoms with van der Waals surface area (Å²) in [5.41, 5.74) is 4.90. The molecule has 0 saturated heterocycles. The van der Waals surface area contributed by atoms with Crippen molar-refractivity contribution in [2.45, 2.75) is 30.6 Å². The molecule has 2 rings (SSSR count). The van der Waals surface area contributed by atoms with E-state index in [1.54, 1.807) is 6.07 Å². The van der Waals surface area contributed by atoms with E-state index >= 15 is 0 Å². The molecule has 7 heteroatoms. The smallest absolute Gasteiger partial charge is 0.294 e. The Kier molecular flexibility index (Phi) is 4.37. The number of fused-ring (bicyclic) bond motifs is 1. The highest BCUT2D eigenvalue weighted by Gasteiger charge is 2.22. The highest BCUT2D eigenvalue weighted by Crippen LogP contribution is 2.32. The summed E-state index contributed by atoms with van der Waals surface area (Å²) in [7, 11) is -4.14. The van der Waals surface area contributed by atoms with Gasteiger partial charge in [0.2, 0.25) is 0 Å². The zero-order chi connectivity index (χ0) is 11.8. The summed E-state index contributed by atoms with van der Waals surface area (Å²) in [4.78, 5) is 0.0150. The normalized spacial score (nSPS) is 14.7. The van der Waals surface area contributed by atoms with Crippen LogP contribution < -0.4 is 11.3 Å². The Morgan fingerprint density at radius 1 is 1.18 bits per heavy atom. The molecular formula is C10H15ClN2O3S. The van der Waals surface area contributed by atoms with E-state index in [0.29, 0.717) is 12.0 Å². The molecule has 1 aliphatic rings. The molecule has 0 saturated carbocycles. The Morgan fingerprint density at radius 3 is 2.29 bits per heavy atom. The van der Waals surface area contributed by atoms with Gasteiger partial charge < -0.3 is 5.43 Å². The van der Waals surface area contributed by atoms with Gasteiger partial charge in [-0.25, -0.2) is 0 Å².